The van der Waals surface area contributed by atoms with Crippen molar-refractivity contribution in [2.75, 3.05) is 19.0 Å². The molecule has 0 spiro atoms. The maximum Gasteiger partial charge on any atom is 0.262 e. The highest BCUT2D eigenvalue weighted by atomic mass is 79.9. The van der Waals surface area contributed by atoms with Crippen LogP contribution in [0.1, 0.15) is 11.1 Å². The largest absolute Gasteiger partial charge is 0.493 e. The Morgan fingerprint density at radius 3 is 2.63 bits per heavy atom. The van der Waals surface area contributed by atoms with E-state index in [4.69, 9.17) is 21.1 Å². The van der Waals surface area contributed by atoms with E-state index in [1.54, 1.807) is 36.4 Å². The molecule has 4 aromatic rings. The molecule has 0 radical (unpaired) electrons. The number of amides is 1. The van der Waals surface area contributed by atoms with Crippen LogP contribution in [0.2, 0.25) is 5.02 Å². The Hall–Kier alpha value is -3.79. The number of carbonyl (C=O) groups is 1. The number of nitrogens with one attached hydrogen (secondary N) is 1. The number of benzene rings is 4. The van der Waals surface area contributed by atoms with Gasteiger partial charge in [-0.25, -0.2) is 0 Å². The number of nitrogens with zero attached hydrogens (tertiary/aromatic N) is 1. The van der Waals surface area contributed by atoms with Crippen molar-refractivity contribution in [2.24, 2.45) is 0 Å². The summed E-state index contributed by atoms with van der Waals surface area (Å²) in [6, 6.07) is 26.6. The van der Waals surface area contributed by atoms with Crippen molar-refractivity contribution in [1.82, 2.24) is 0 Å². The van der Waals surface area contributed by atoms with Gasteiger partial charge in [0.15, 0.2) is 18.1 Å². The molecule has 4 rings (SSSR count). The molecular weight excluding hydrogens is 528 g/mol. The summed E-state index contributed by atoms with van der Waals surface area (Å²) in [5.41, 5.74) is 2.73. The lowest BCUT2D eigenvalue weighted by atomic mass is 9.97. The van der Waals surface area contributed by atoms with Crippen LogP contribution in [0, 0.1) is 11.3 Å². The highest BCUT2D eigenvalue weighted by Gasteiger charge is 2.11. The van der Waals surface area contributed by atoms with E-state index in [1.807, 2.05) is 48.5 Å². The number of allylic oxidation sites excluding steroid dienone is 1. The van der Waals surface area contributed by atoms with Gasteiger partial charge in [0.05, 0.1) is 23.8 Å². The number of methoxy groups -OCH3 is 1. The fourth-order valence-electron chi connectivity index (χ4n) is 3.60. The van der Waals surface area contributed by atoms with Gasteiger partial charge in [0.2, 0.25) is 0 Å². The molecule has 35 heavy (non-hydrogen) atoms. The number of carbonyl (C=O) groups excluding carboxylic acids is 1. The molecule has 0 unspecified atom stereocenters. The lowest BCUT2D eigenvalue weighted by Gasteiger charge is -2.12. The quantitative estimate of drug-likeness (QED) is 0.194. The van der Waals surface area contributed by atoms with Crippen LogP contribution in [0.15, 0.2) is 83.3 Å². The van der Waals surface area contributed by atoms with Crippen LogP contribution in [0.5, 0.6) is 11.5 Å². The average molecular weight is 548 g/mol. The molecule has 0 aromatic heterocycles. The summed E-state index contributed by atoms with van der Waals surface area (Å²) >= 11 is 9.38. The minimum atomic E-state index is -0.336. The van der Waals surface area contributed by atoms with Crippen LogP contribution >= 0.6 is 27.5 Å². The van der Waals surface area contributed by atoms with E-state index in [-0.39, 0.29) is 12.5 Å². The summed E-state index contributed by atoms with van der Waals surface area (Å²) in [6.07, 6.45) is 1.80. The zero-order valence-electron chi connectivity index (χ0n) is 18.7. The van der Waals surface area contributed by atoms with Gasteiger partial charge >= 0.3 is 0 Å². The van der Waals surface area contributed by atoms with Crippen LogP contribution in [0.4, 0.5) is 5.69 Å². The van der Waals surface area contributed by atoms with Gasteiger partial charge in [-0.1, -0.05) is 60.1 Å². The van der Waals surface area contributed by atoms with Gasteiger partial charge in [-0.15, -0.1) is 0 Å². The molecule has 1 amide bonds. The van der Waals surface area contributed by atoms with Crippen molar-refractivity contribution in [3.05, 3.63) is 99.5 Å². The Morgan fingerprint density at radius 2 is 1.86 bits per heavy atom. The molecule has 0 heterocycles. The number of nitriles is 1. The zero-order chi connectivity index (χ0) is 24.8. The van der Waals surface area contributed by atoms with Crippen molar-refractivity contribution in [1.29, 1.82) is 5.26 Å². The SMILES string of the molecule is COc1cc(/C=C(/C#N)c2cccc3ccccc23)ccc1OCC(=O)Nc1ccc(Br)c(Cl)c1. The molecule has 174 valence electrons. The molecule has 0 aliphatic heterocycles. The zero-order valence-corrected chi connectivity index (χ0v) is 21.1. The van der Waals surface area contributed by atoms with Gasteiger partial charge in [0, 0.05) is 15.7 Å². The molecule has 0 aliphatic rings. The van der Waals surface area contributed by atoms with Gasteiger partial charge in [0.1, 0.15) is 0 Å². The number of fused-ring (bicyclic) bond motifs is 1. The molecule has 0 fully saturated rings. The fourth-order valence-corrected chi connectivity index (χ4v) is 4.03. The Kier molecular flexibility index (Phi) is 7.71. The van der Waals surface area contributed by atoms with E-state index in [2.05, 4.69) is 27.3 Å². The molecule has 5 nitrogen and oxygen atoms in total. The van der Waals surface area contributed by atoms with E-state index in [0.717, 1.165) is 26.4 Å². The van der Waals surface area contributed by atoms with E-state index >= 15 is 0 Å². The first kappa shape index (κ1) is 24.3. The minimum Gasteiger partial charge on any atom is -0.493 e. The lowest BCUT2D eigenvalue weighted by molar-refractivity contribution is -0.118. The molecule has 0 saturated heterocycles. The number of hydrogen-bond donors (Lipinski definition) is 1. The molecule has 0 atom stereocenters. The first-order chi connectivity index (χ1) is 17.0. The summed E-state index contributed by atoms with van der Waals surface area (Å²) in [5.74, 6) is 0.530. The second-order valence-corrected chi connectivity index (χ2v) is 8.83. The van der Waals surface area contributed by atoms with E-state index in [1.165, 1.54) is 7.11 Å². The van der Waals surface area contributed by atoms with E-state index in [0.29, 0.717) is 27.8 Å². The van der Waals surface area contributed by atoms with Crippen molar-refractivity contribution < 1.29 is 14.3 Å². The van der Waals surface area contributed by atoms with Crippen LogP contribution in [0.25, 0.3) is 22.4 Å². The highest BCUT2D eigenvalue weighted by Crippen LogP contribution is 2.31. The Balaban J connectivity index is 1.51. The van der Waals surface area contributed by atoms with Gasteiger partial charge in [-0.3, -0.25) is 4.79 Å². The second kappa shape index (κ2) is 11.1. The molecule has 1 N–H and O–H groups in total. The van der Waals surface area contributed by atoms with Crippen molar-refractivity contribution in [3.8, 4) is 17.6 Å². The summed E-state index contributed by atoms with van der Waals surface area (Å²) < 4.78 is 11.9. The highest BCUT2D eigenvalue weighted by molar-refractivity contribution is 9.10. The predicted octanol–water partition coefficient (Wildman–Crippen LogP) is 7.35. The molecule has 7 heteroatoms. The first-order valence-corrected chi connectivity index (χ1v) is 11.8. The summed E-state index contributed by atoms with van der Waals surface area (Å²) in [7, 11) is 1.52. The van der Waals surface area contributed by atoms with Crippen molar-refractivity contribution in [3.63, 3.8) is 0 Å². The van der Waals surface area contributed by atoms with Gasteiger partial charge in [-0.2, -0.15) is 5.26 Å². The normalized spacial score (nSPS) is 11.1. The Labute approximate surface area is 216 Å². The van der Waals surface area contributed by atoms with Crippen LogP contribution in [-0.4, -0.2) is 19.6 Å². The van der Waals surface area contributed by atoms with E-state index in [9.17, 15) is 10.1 Å². The van der Waals surface area contributed by atoms with Gasteiger partial charge in [-0.05, 0) is 68.7 Å². The molecule has 0 aliphatic carbocycles. The third-order valence-electron chi connectivity index (χ3n) is 5.26. The summed E-state index contributed by atoms with van der Waals surface area (Å²) in [6.45, 7) is -0.210. The number of ether oxygens (including phenoxy) is 2. The standard InChI is InChI=1S/C28H20BrClN2O3/c1-34-27-14-18(13-20(16-31)23-8-4-6-19-5-2-3-7-22(19)23)9-12-26(27)35-17-28(33)32-21-10-11-24(29)25(30)15-21/h2-15H,17H2,1H3,(H,32,33)/b20-13-. The third kappa shape index (κ3) is 5.83. The molecule has 0 saturated carbocycles. The number of rotatable bonds is 7. The topological polar surface area (TPSA) is 71.3 Å². The van der Waals surface area contributed by atoms with Crippen molar-refractivity contribution in [2.45, 2.75) is 0 Å². The molecule has 0 bridgehead atoms. The Bertz CT molecular complexity index is 1470. The maximum atomic E-state index is 12.3. The predicted molar refractivity (Wildman–Crippen MR) is 144 cm³/mol. The number of anilines is 1. The maximum absolute atomic E-state index is 12.3. The third-order valence-corrected chi connectivity index (χ3v) is 6.49. The fraction of sp³-hybridized carbons (Fsp3) is 0.0714. The second-order valence-electron chi connectivity index (χ2n) is 7.57. The smallest absolute Gasteiger partial charge is 0.262 e. The van der Waals surface area contributed by atoms with E-state index < -0.39 is 0 Å². The summed E-state index contributed by atoms with van der Waals surface area (Å²) in [4.78, 5) is 12.3. The molecular formula is C28H20BrClN2O3. The lowest BCUT2D eigenvalue weighted by Crippen LogP contribution is -2.20. The van der Waals surface area contributed by atoms with Gasteiger partial charge < -0.3 is 14.8 Å². The Morgan fingerprint density at radius 1 is 1.06 bits per heavy atom. The monoisotopic (exact) mass is 546 g/mol. The van der Waals surface area contributed by atoms with Crippen LogP contribution < -0.4 is 14.8 Å². The van der Waals surface area contributed by atoms with Gasteiger partial charge in [0.25, 0.3) is 5.91 Å². The minimum absolute atomic E-state index is 0.210. The van der Waals surface area contributed by atoms with Crippen LogP contribution in [0.3, 0.4) is 0 Å². The van der Waals surface area contributed by atoms with Crippen LogP contribution in [-0.2, 0) is 4.79 Å². The molecule has 4 aromatic carbocycles. The summed E-state index contributed by atoms with van der Waals surface area (Å²) in [5, 5.41) is 15.2. The average Bonchev–Trinajstić information content (AvgIpc) is 2.88. The van der Waals surface area contributed by atoms with Crippen molar-refractivity contribution >= 4 is 61.5 Å². The number of halogens is 2. The first-order valence-electron chi connectivity index (χ1n) is 10.6. The number of hydrogen-bond acceptors (Lipinski definition) is 4.